The molecule has 56 valence electrons. The van der Waals surface area contributed by atoms with Crippen molar-refractivity contribution in [2.24, 2.45) is 10.2 Å². The first-order valence-electron chi connectivity index (χ1n) is 3.18. The second-order valence-corrected chi connectivity index (χ2v) is 2.22. The minimum atomic E-state index is 0.387. The largest absolute Gasteiger partial charge is 0.264 e. The Kier molecular flexibility index (Phi) is 2.11. The van der Waals surface area contributed by atoms with E-state index in [4.69, 9.17) is 0 Å². The van der Waals surface area contributed by atoms with Crippen molar-refractivity contribution in [3.05, 3.63) is 28.7 Å². The van der Waals surface area contributed by atoms with E-state index in [0.29, 0.717) is 11.4 Å². The third-order valence-electron chi connectivity index (χ3n) is 1.47. The Morgan fingerprint density at radius 1 is 1.45 bits per heavy atom. The van der Waals surface area contributed by atoms with Gasteiger partial charge in [0.1, 0.15) is 5.69 Å². The summed E-state index contributed by atoms with van der Waals surface area (Å²) < 4.78 is 0. The molecule has 1 aromatic carbocycles. The Morgan fingerprint density at radius 2 is 2.18 bits per heavy atom. The monoisotopic (exact) mass is 148 g/mol. The van der Waals surface area contributed by atoms with Crippen LogP contribution in [0.1, 0.15) is 5.56 Å². The number of hydrogen-bond acceptors (Lipinski definition) is 3. The minimum Gasteiger partial charge on any atom is -0.264 e. The van der Waals surface area contributed by atoms with E-state index < -0.39 is 0 Å². The van der Waals surface area contributed by atoms with Crippen molar-refractivity contribution in [3.63, 3.8) is 0 Å². The van der Waals surface area contributed by atoms with Crippen molar-refractivity contribution in [3.8, 4) is 0 Å². The van der Waals surface area contributed by atoms with E-state index in [1.54, 1.807) is 18.2 Å². The van der Waals surface area contributed by atoms with Crippen molar-refractivity contribution >= 4 is 18.1 Å². The lowest BCUT2D eigenvalue weighted by Crippen LogP contribution is -1.71. The maximum absolute atomic E-state index is 10.1. The molecule has 0 amide bonds. The van der Waals surface area contributed by atoms with Crippen LogP contribution in [0.5, 0.6) is 0 Å². The van der Waals surface area contributed by atoms with Crippen LogP contribution in [0.25, 0.3) is 0 Å². The summed E-state index contributed by atoms with van der Waals surface area (Å²) in [7, 11) is 0. The van der Waals surface area contributed by atoms with Gasteiger partial charge < -0.3 is 0 Å². The Morgan fingerprint density at radius 3 is 2.73 bits per heavy atom. The second kappa shape index (κ2) is 3.05. The van der Waals surface area contributed by atoms with Crippen LogP contribution in [0, 0.1) is 11.8 Å². The van der Waals surface area contributed by atoms with Gasteiger partial charge >= 0.3 is 0 Å². The smallest absolute Gasteiger partial charge is 0.110 e. The van der Waals surface area contributed by atoms with Gasteiger partial charge in [-0.15, -0.1) is 4.91 Å². The average Bonchev–Trinajstić information content (AvgIpc) is 2.05. The topological polar surface area (TPSA) is 41.8 Å². The third-order valence-corrected chi connectivity index (χ3v) is 1.47. The van der Waals surface area contributed by atoms with E-state index in [-0.39, 0.29) is 0 Å². The third kappa shape index (κ3) is 1.49. The second-order valence-electron chi connectivity index (χ2n) is 2.22. The van der Waals surface area contributed by atoms with Gasteiger partial charge in [-0.1, -0.05) is 6.07 Å². The molecule has 0 saturated carbocycles. The highest BCUT2D eigenvalue weighted by atomic mass is 16.3. The standard InChI is InChI=1S/C8H8N2O/c1-6-3-4-7(10-11)5-8(6)9-2/h3-5H,2H2,1H3. The summed E-state index contributed by atoms with van der Waals surface area (Å²) in [6.45, 7) is 5.27. The van der Waals surface area contributed by atoms with Crippen LogP contribution in [0.15, 0.2) is 28.4 Å². The van der Waals surface area contributed by atoms with Gasteiger partial charge in [0.05, 0.1) is 5.69 Å². The van der Waals surface area contributed by atoms with E-state index in [1.807, 2.05) is 6.92 Å². The molecule has 0 unspecified atom stereocenters. The summed E-state index contributed by atoms with van der Waals surface area (Å²) in [5.41, 5.74) is 2.09. The predicted molar refractivity (Wildman–Crippen MR) is 45.8 cm³/mol. The molecule has 0 radical (unpaired) electrons. The molecule has 0 aliphatic rings. The van der Waals surface area contributed by atoms with Crippen LogP contribution in [-0.2, 0) is 0 Å². The lowest BCUT2D eigenvalue weighted by atomic mass is 10.2. The first-order valence-corrected chi connectivity index (χ1v) is 3.18. The molecule has 1 rings (SSSR count). The highest BCUT2D eigenvalue weighted by Gasteiger charge is 1.96. The Balaban J connectivity index is 3.22. The van der Waals surface area contributed by atoms with Crippen LogP contribution in [0.4, 0.5) is 11.4 Å². The van der Waals surface area contributed by atoms with E-state index in [0.717, 1.165) is 5.56 Å². The molecule has 0 aliphatic heterocycles. The highest BCUT2D eigenvalue weighted by Crippen LogP contribution is 2.23. The number of hydrogen-bond donors (Lipinski definition) is 0. The number of aliphatic imine (C=N–C) groups is 1. The number of benzene rings is 1. The van der Waals surface area contributed by atoms with E-state index >= 15 is 0 Å². The van der Waals surface area contributed by atoms with Gasteiger partial charge in [-0.3, -0.25) is 4.99 Å². The zero-order valence-electron chi connectivity index (χ0n) is 6.24. The fourth-order valence-electron chi connectivity index (χ4n) is 0.825. The van der Waals surface area contributed by atoms with Crippen molar-refractivity contribution in [1.82, 2.24) is 0 Å². The molecule has 11 heavy (non-hydrogen) atoms. The molecule has 0 heterocycles. The summed E-state index contributed by atoms with van der Waals surface area (Å²) in [4.78, 5) is 13.8. The fourth-order valence-corrected chi connectivity index (χ4v) is 0.825. The van der Waals surface area contributed by atoms with Crippen LogP contribution in [0.3, 0.4) is 0 Å². The summed E-state index contributed by atoms with van der Waals surface area (Å²) in [5.74, 6) is 0. The molecular weight excluding hydrogens is 140 g/mol. The Bertz CT molecular complexity index is 294. The molecule has 3 heteroatoms. The molecular formula is C8H8N2O. The molecule has 0 fully saturated rings. The average molecular weight is 148 g/mol. The molecule has 0 saturated heterocycles. The number of nitrogens with zero attached hydrogens (tertiary/aromatic N) is 2. The van der Waals surface area contributed by atoms with Crippen LogP contribution in [0.2, 0.25) is 0 Å². The molecule has 1 aromatic rings. The van der Waals surface area contributed by atoms with Gasteiger partial charge in [-0.05, 0) is 36.5 Å². The van der Waals surface area contributed by atoms with E-state index in [2.05, 4.69) is 16.9 Å². The molecule has 0 N–H and O–H groups in total. The maximum Gasteiger partial charge on any atom is 0.110 e. The summed E-state index contributed by atoms with van der Waals surface area (Å²) in [6, 6.07) is 5.05. The van der Waals surface area contributed by atoms with Crippen molar-refractivity contribution in [2.45, 2.75) is 6.92 Å². The van der Waals surface area contributed by atoms with E-state index in [1.165, 1.54) is 0 Å². The Hall–Kier alpha value is -1.51. The highest BCUT2D eigenvalue weighted by molar-refractivity contribution is 5.58. The minimum absolute atomic E-state index is 0.387. The van der Waals surface area contributed by atoms with Gasteiger partial charge in [0.25, 0.3) is 0 Å². The zero-order chi connectivity index (χ0) is 8.27. The maximum atomic E-state index is 10.1. The number of rotatable bonds is 2. The quantitative estimate of drug-likeness (QED) is 0.469. The molecule has 0 bridgehead atoms. The van der Waals surface area contributed by atoms with Gasteiger partial charge in [0.15, 0.2) is 0 Å². The van der Waals surface area contributed by atoms with Crippen LogP contribution in [-0.4, -0.2) is 6.72 Å². The summed E-state index contributed by atoms with van der Waals surface area (Å²) in [6.07, 6.45) is 0. The summed E-state index contributed by atoms with van der Waals surface area (Å²) in [5, 5.41) is 2.78. The predicted octanol–water partition coefficient (Wildman–Crippen LogP) is 2.73. The Labute approximate surface area is 64.8 Å². The number of aryl methyl sites for hydroxylation is 1. The fraction of sp³-hybridized carbons (Fsp3) is 0.125. The van der Waals surface area contributed by atoms with Gasteiger partial charge in [-0.25, -0.2) is 0 Å². The zero-order valence-corrected chi connectivity index (χ0v) is 6.24. The van der Waals surface area contributed by atoms with Crippen molar-refractivity contribution in [1.29, 1.82) is 0 Å². The van der Waals surface area contributed by atoms with Crippen LogP contribution >= 0.6 is 0 Å². The first kappa shape index (κ1) is 7.60. The molecule has 0 aromatic heterocycles. The first-order chi connectivity index (χ1) is 5.27. The van der Waals surface area contributed by atoms with E-state index in [9.17, 15) is 4.91 Å². The summed E-state index contributed by atoms with van der Waals surface area (Å²) >= 11 is 0. The molecule has 3 nitrogen and oxygen atoms in total. The normalized spacial score (nSPS) is 9.18. The molecule has 0 aliphatic carbocycles. The van der Waals surface area contributed by atoms with Crippen LogP contribution < -0.4 is 0 Å². The van der Waals surface area contributed by atoms with Gasteiger partial charge in [0, 0.05) is 0 Å². The van der Waals surface area contributed by atoms with Gasteiger partial charge in [0.2, 0.25) is 0 Å². The lowest BCUT2D eigenvalue weighted by Gasteiger charge is -1.97. The molecule has 0 atom stereocenters. The van der Waals surface area contributed by atoms with Crippen molar-refractivity contribution in [2.75, 3.05) is 0 Å². The SMILES string of the molecule is C=Nc1cc(N=O)ccc1C. The molecule has 0 spiro atoms. The number of nitroso groups, excluding NO2 is 1. The van der Waals surface area contributed by atoms with Gasteiger partial charge in [-0.2, -0.15) is 0 Å². The van der Waals surface area contributed by atoms with Crippen molar-refractivity contribution < 1.29 is 0 Å². The lowest BCUT2D eigenvalue weighted by molar-refractivity contribution is 1.38.